The number of anilines is 2. The van der Waals surface area contributed by atoms with E-state index in [9.17, 15) is 0 Å². The van der Waals surface area contributed by atoms with Gasteiger partial charge < -0.3 is 16.4 Å². The van der Waals surface area contributed by atoms with Crippen LogP contribution in [0.5, 0.6) is 0 Å². The third-order valence-electron chi connectivity index (χ3n) is 5.05. The van der Waals surface area contributed by atoms with Gasteiger partial charge in [0, 0.05) is 6.04 Å². The Hall–Kier alpha value is -1.71. The molecule has 1 aromatic rings. The van der Waals surface area contributed by atoms with Crippen molar-refractivity contribution in [2.45, 2.75) is 76.3 Å². The Morgan fingerprint density at radius 3 is 2.26 bits per heavy atom. The van der Waals surface area contributed by atoms with Gasteiger partial charge in [-0.3, -0.25) is 0 Å². The highest BCUT2D eigenvalue weighted by Gasteiger charge is 2.18. The van der Waals surface area contributed by atoms with Crippen molar-refractivity contribution in [2.24, 2.45) is 4.99 Å². The van der Waals surface area contributed by atoms with Gasteiger partial charge in [-0.1, -0.05) is 50.7 Å². The molecule has 23 heavy (non-hydrogen) atoms. The Kier molecular flexibility index (Phi) is 5.78. The van der Waals surface area contributed by atoms with Crippen molar-refractivity contribution in [2.75, 3.05) is 11.1 Å². The van der Waals surface area contributed by atoms with E-state index in [4.69, 9.17) is 10.7 Å². The average Bonchev–Trinajstić information content (AvgIpc) is 2.59. The molecule has 0 bridgehead atoms. The molecule has 2 aliphatic rings. The smallest absolute Gasteiger partial charge is 0.196 e. The number of benzene rings is 1. The molecule has 0 heterocycles. The number of nitrogens with zero attached hydrogens (tertiary/aromatic N) is 1. The van der Waals surface area contributed by atoms with Crippen molar-refractivity contribution in [1.82, 2.24) is 5.32 Å². The summed E-state index contributed by atoms with van der Waals surface area (Å²) >= 11 is 0. The van der Waals surface area contributed by atoms with Gasteiger partial charge in [0.2, 0.25) is 0 Å². The van der Waals surface area contributed by atoms with Crippen molar-refractivity contribution < 1.29 is 0 Å². The molecular formula is C19H30N4. The van der Waals surface area contributed by atoms with Crippen LogP contribution in [0.2, 0.25) is 0 Å². The van der Waals surface area contributed by atoms with Crippen LogP contribution in [0.15, 0.2) is 29.3 Å². The van der Waals surface area contributed by atoms with Gasteiger partial charge in [-0.25, -0.2) is 4.99 Å². The monoisotopic (exact) mass is 314 g/mol. The molecule has 4 nitrogen and oxygen atoms in total. The molecule has 0 unspecified atom stereocenters. The summed E-state index contributed by atoms with van der Waals surface area (Å²) in [4.78, 5) is 5.00. The van der Waals surface area contributed by atoms with Gasteiger partial charge in [-0.2, -0.15) is 0 Å². The maximum atomic E-state index is 6.09. The summed E-state index contributed by atoms with van der Waals surface area (Å²) in [5.41, 5.74) is 7.81. The number of hydrogen-bond donors (Lipinski definition) is 3. The molecule has 4 heteroatoms. The Morgan fingerprint density at radius 1 is 0.913 bits per heavy atom. The van der Waals surface area contributed by atoms with Gasteiger partial charge in [0.15, 0.2) is 5.96 Å². The van der Waals surface area contributed by atoms with E-state index in [1.54, 1.807) is 0 Å². The van der Waals surface area contributed by atoms with Crippen molar-refractivity contribution in [1.29, 1.82) is 0 Å². The summed E-state index contributed by atoms with van der Waals surface area (Å²) in [7, 11) is 0. The lowest BCUT2D eigenvalue weighted by molar-refractivity contribution is 0.408. The maximum Gasteiger partial charge on any atom is 0.196 e. The number of nitrogens with one attached hydrogen (secondary N) is 2. The highest BCUT2D eigenvalue weighted by molar-refractivity contribution is 5.96. The second-order valence-corrected chi connectivity index (χ2v) is 6.96. The second-order valence-electron chi connectivity index (χ2n) is 6.96. The molecule has 0 aliphatic heterocycles. The molecule has 2 saturated carbocycles. The van der Waals surface area contributed by atoms with Crippen molar-refractivity contribution >= 4 is 17.3 Å². The fourth-order valence-corrected chi connectivity index (χ4v) is 3.68. The zero-order valence-corrected chi connectivity index (χ0v) is 14.1. The van der Waals surface area contributed by atoms with Gasteiger partial charge in [0.25, 0.3) is 0 Å². The molecule has 0 radical (unpaired) electrons. The zero-order chi connectivity index (χ0) is 15.9. The first-order valence-electron chi connectivity index (χ1n) is 9.27. The van der Waals surface area contributed by atoms with Gasteiger partial charge in [-0.05, 0) is 37.8 Å². The van der Waals surface area contributed by atoms with Crippen LogP contribution in [0.1, 0.15) is 64.2 Å². The summed E-state index contributed by atoms with van der Waals surface area (Å²) in [5, 5.41) is 7.12. The fourth-order valence-electron chi connectivity index (χ4n) is 3.68. The maximum absolute atomic E-state index is 6.09. The Bertz CT molecular complexity index is 514. The normalized spacial score (nSPS) is 21.1. The quantitative estimate of drug-likeness (QED) is 0.443. The summed E-state index contributed by atoms with van der Waals surface area (Å²) in [6.07, 6.45) is 12.9. The van der Waals surface area contributed by atoms with Gasteiger partial charge >= 0.3 is 0 Å². The molecule has 3 rings (SSSR count). The lowest BCUT2D eigenvalue weighted by Crippen LogP contribution is -2.41. The van der Waals surface area contributed by atoms with Crippen LogP contribution < -0.4 is 16.4 Å². The molecule has 1 aromatic carbocycles. The number of rotatable bonds is 3. The minimum Gasteiger partial charge on any atom is -0.397 e. The second kappa shape index (κ2) is 8.23. The van der Waals surface area contributed by atoms with Crippen LogP contribution in [0.3, 0.4) is 0 Å². The van der Waals surface area contributed by atoms with E-state index in [0.29, 0.717) is 12.1 Å². The zero-order valence-electron chi connectivity index (χ0n) is 14.1. The number of hydrogen-bond acceptors (Lipinski definition) is 2. The Labute approximate surface area is 139 Å². The third kappa shape index (κ3) is 4.88. The fraction of sp³-hybridized carbons (Fsp3) is 0.632. The molecule has 2 aliphatic carbocycles. The Morgan fingerprint density at radius 2 is 1.57 bits per heavy atom. The molecule has 0 atom stereocenters. The molecule has 0 aromatic heterocycles. The van der Waals surface area contributed by atoms with Crippen LogP contribution in [0.4, 0.5) is 11.4 Å². The molecule has 0 amide bonds. The molecular weight excluding hydrogens is 284 g/mol. The lowest BCUT2D eigenvalue weighted by atomic mass is 9.95. The summed E-state index contributed by atoms with van der Waals surface area (Å²) in [5.74, 6) is 0.918. The van der Waals surface area contributed by atoms with E-state index < -0.39 is 0 Å². The number of guanidine groups is 1. The first-order chi connectivity index (χ1) is 11.3. The van der Waals surface area contributed by atoms with Crippen LogP contribution in [0.25, 0.3) is 0 Å². The minimum atomic E-state index is 0.451. The van der Waals surface area contributed by atoms with Gasteiger partial charge in [0.05, 0.1) is 17.4 Å². The topological polar surface area (TPSA) is 62.4 Å². The molecule has 4 N–H and O–H groups in total. The first kappa shape index (κ1) is 16.2. The van der Waals surface area contributed by atoms with Crippen molar-refractivity contribution in [3.8, 4) is 0 Å². The van der Waals surface area contributed by atoms with Crippen LogP contribution in [-0.2, 0) is 0 Å². The van der Waals surface area contributed by atoms with Crippen molar-refractivity contribution in [3.05, 3.63) is 24.3 Å². The molecule has 126 valence electrons. The van der Waals surface area contributed by atoms with Gasteiger partial charge in [0.1, 0.15) is 0 Å². The summed E-state index contributed by atoms with van der Waals surface area (Å²) in [6.45, 7) is 0. The standard InChI is InChI=1S/C19H30N4/c20-17-13-7-8-14-18(17)23-19(21-15-9-3-1-4-10-15)22-16-11-5-2-6-12-16/h7-8,13-16H,1-6,9-12,20H2,(H2,21,22,23). The predicted octanol–water partition coefficient (Wildman–Crippen LogP) is 4.29. The van der Waals surface area contributed by atoms with E-state index in [2.05, 4.69) is 10.6 Å². The average molecular weight is 314 g/mol. The van der Waals surface area contributed by atoms with E-state index in [1.165, 1.54) is 64.2 Å². The van der Waals surface area contributed by atoms with E-state index >= 15 is 0 Å². The Balaban J connectivity index is 1.71. The SMILES string of the molecule is Nc1ccccc1NC(=NC1CCCCC1)NC1CCCCC1. The number of nitrogen functional groups attached to an aromatic ring is 1. The van der Waals surface area contributed by atoms with Crippen molar-refractivity contribution in [3.63, 3.8) is 0 Å². The van der Waals surface area contributed by atoms with Gasteiger partial charge in [-0.15, -0.1) is 0 Å². The first-order valence-corrected chi connectivity index (χ1v) is 9.27. The third-order valence-corrected chi connectivity index (χ3v) is 5.05. The number of aliphatic imine (C=N–C) groups is 1. The molecule has 0 saturated heterocycles. The van der Waals surface area contributed by atoms with Crippen LogP contribution in [-0.4, -0.2) is 18.0 Å². The summed E-state index contributed by atoms with van der Waals surface area (Å²) in [6, 6.07) is 8.93. The molecule has 0 spiro atoms. The summed E-state index contributed by atoms with van der Waals surface area (Å²) < 4.78 is 0. The minimum absolute atomic E-state index is 0.451. The van der Waals surface area contributed by atoms with E-state index in [0.717, 1.165) is 17.3 Å². The van der Waals surface area contributed by atoms with Crippen LogP contribution in [0, 0.1) is 0 Å². The van der Waals surface area contributed by atoms with E-state index in [1.807, 2.05) is 24.3 Å². The highest BCUT2D eigenvalue weighted by atomic mass is 15.2. The highest BCUT2D eigenvalue weighted by Crippen LogP contribution is 2.22. The lowest BCUT2D eigenvalue weighted by Gasteiger charge is -2.27. The van der Waals surface area contributed by atoms with E-state index in [-0.39, 0.29) is 0 Å². The number of para-hydroxylation sites is 2. The van der Waals surface area contributed by atoms with Crippen LogP contribution >= 0.6 is 0 Å². The largest absolute Gasteiger partial charge is 0.397 e. The number of nitrogens with two attached hydrogens (primary N) is 1. The molecule has 2 fully saturated rings. The predicted molar refractivity (Wildman–Crippen MR) is 98.8 cm³/mol.